The van der Waals surface area contributed by atoms with Gasteiger partial charge < -0.3 is 10.2 Å². The fourth-order valence-corrected chi connectivity index (χ4v) is 2.00. The zero-order valence-corrected chi connectivity index (χ0v) is 8.93. The molecule has 1 aromatic rings. The van der Waals surface area contributed by atoms with Gasteiger partial charge in [0.2, 0.25) is 0 Å². The van der Waals surface area contributed by atoms with Crippen molar-refractivity contribution >= 4 is 5.82 Å². The summed E-state index contributed by atoms with van der Waals surface area (Å²) in [4.78, 5) is 2.36. The third kappa shape index (κ3) is 1.62. The van der Waals surface area contributed by atoms with Crippen molar-refractivity contribution in [2.24, 2.45) is 0 Å². The molecule has 1 aliphatic rings. The third-order valence-electron chi connectivity index (χ3n) is 2.82. The highest BCUT2D eigenvalue weighted by molar-refractivity contribution is 5.49. The lowest BCUT2D eigenvalue weighted by atomic mass is 10.2. The quantitative estimate of drug-likeness (QED) is 0.728. The Hall–Kier alpha value is -1.03. The van der Waals surface area contributed by atoms with Crippen molar-refractivity contribution in [1.29, 1.82) is 0 Å². The van der Waals surface area contributed by atoms with Crippen LogP contribution in [-0.4, -0.2) is 36.4 Å². The van der Waals surface area contributed by atoms with Crippen molar-refractivity contribution < 1.29 is 0 Å². The van der Waals surface area contributed by atoms with Crippen LogP contribution in [0.1, 0.15) is 18.2 Å². The molecule has 0 atom stereocenters. The van der Waals surface area contributed by atoms with E-state index in [0.29, 0.717) is 0 Å². The van der Waals surface area contributed by atoms with Crippen LogP contribution in [0.4, 0.5) is 5.82 Å². The number of anilines is 1. The molecular weight excluding hydrogens is 176 g/mol. The molecule has 1 aliphatic heterocycles. The largest absolute Gasteiger partial charge is 0.352 e. The van der Waals surface area contributed by atoms with Crippen LogP contribution in [0.15, 0.2) is 0 Å². The van der Waals surface area contributed by atoms with Gasteiger partial charge in [-0.2, -0.15) is 5.10 Å². The van der Waals surface area contributed by atoms with Crippen LogP contribution in [0.3, 0.4) is 0 Å². The standard InChI is InChI=1S/C10H18N4/c1-3-9-8(2)12-13-10(9)14-6-4-11-5-7-14/h11H,3-7H2,1-2H3,(H,12,13). The Labute approximate surface area is 84.7 Å². The number of H-pyrrole nitrogens is 1. The fraction of sp³-hybridized carbons (Fsp3) is 0.700. The number of nitrogens with zero attached hydrogens (tertiary/aromatic N) is 2. The highest BCUT2D eigenvalue weighted by Crippen LogP contribution is 2.21. The molecule has 2 rings (SSSR count). The van der Waals surface area contributed by atoms with Crippen molar-refractivity contribution in [3.63, 3.8) is 0 Å². The fourth-order valence-electron chi connectivity index (χ4n) is 2.00. The van der Waals surface area contributed by atoms with Gasteiger partial charge in [0.1, 0.15) is 0 Å². The van der Waals surface area contributed by atoms with Crippen molar-refractivity contribution in [3.8, 4) is 0 Å². The Kier molecular flexibility index (Phi) is 2.72. The molecule has 2 heterocycles. The van der Waals surface area contributed by atoms with Crippen LogP contribution in [0.25, 0.3) is 0 Å². The SMILES string of the molecule is CCc1c(N2CCNCC2)n[nH]c1C. The smallest absolute Gasteiger partial charge is 0.153 e. The van der Waals surface area contributed by atoms with E-state index < -0.39 is 0 Å². The summed E-state index contributed by atoms with van der Waals surface area (Å²) in [7, 11) is 0. The van der Waals surface area contributed by atoms with Gasteiger partial charge in [0.05, 0.1) is 0 Å². The zero-order valence-electron chi connectivity index (χ0n) is 8.93. The van der Waals surface area contributed by atoms with Gasteiger partial charge in [-0.05, 0) is 13.3 Å². The summed E-state index contributed by atoms with van der Waals surface area (Å²) in [6, 6.07) is 0. The van der Waals surface area contributed by atoms with E-state index >= 15 is 0 Å². The first-order valence-corrected chi connectivity index (χ1v) is 5.32. The number of rotatable bonds is 2. The van der Waals surface area contributed by atoms with Gasteiger partial charge >= 0.3 is 0 Å². The molecule has 4 heteroatoms. The van der Waals surface area contributed by atoms with E-state index in [9.17, 15) is 0 Å². The Balaban J connectivity index is 2.21. The molecule has 0 radical (unpaired) electrons. The van der Waals surface area contributed by atoms with Crippen LogP contribution in [-0.2, 0) is 6.42 Å². The zero-order chi connectivity index (χ0) is 9.97. The molecule has 0 unspecified atom stereocenters. The third-order valence-corrected chi connectivity index (χ3v) is 2.82. The van der Waals surface area contributed by atoms with E-state index in [1.807, 2.05) is 0 Å². The highest BCUT2D eigenvalue weighted by atomic mass is 15.3. The van der Waals surface area contributed by atoms with Gasteiger partial charge in [-0.3, -0.25) is 5.10 Å². The minimum atomic E-state index is 1.06. The second-order valence-corrected chi connectivity index (χ2v) is 3.74. The molecule has 0 aliphatic carbocycles. The summed E-state index contributed by atoms with van der Waals surface area (Å²) in [5.74, 6) is 1.16. The van der Waals surface area contributed by atoms with Crippen LogP contribution in [0.5, 0.6) is 0 Å². The molecule has 0 amide bonds. The summed E-state index contributed by atoms with van der Waals surface area (Å²) in [5.41, 5.74) is 2.58. The second-order valence-electron chi connectivity index (χ2n) is 3.74. The molecule has 0 bridgehead atoms. The summed E-state index contributed by atoms with van der Waals surface area (Å²) >= 11 is 0. The number of aromatic amines is 1. The molecule has 78 valence electrons. The summed E-state index contributed by atoms with van der Waals surface area (Å²) in [6.45, 7) is 8.54. The molecule has 4 nitrogen and oxygen atoms in total. The Bertz CT molecular complexity index is 299. The summed E-state index contributed by atoms with van der Waals surface area (Å²) < 4.78 is 0. The molecule has 1 fully saturated rings. The highest BCUT2D eigenvalue weighted by Gasteiger charge is 2.17. The van der Waals surface area contributed by atoms with Crippen molar-refractivity contribution in [1.82, 2.24) is 15.5 Å². The van der Waals surface area contributed by atoms with Gasteiger partial charge in [0.25, 0.3) is 0 Å². The van der Waals surface area contributed by atoms with Crippen LogP contribution in [0, 0.1) is 6.92 Å². The topological polar surface area (TPSA) is 44.0 Å². The lowest BCUT2D eigenvalue weighted by Crippen LogP contribution is -2.44. The first-order valence-electron chi connectivity index (χ1n) is 5.32. The maximum absolute atomic E-state index is 4.38. The average molecular weight is 194 g/mol. The van der Waals surface area contributed by atoms with E-state index in [1.165, 1.54) is 11.3 Å². The maximum Gasteiger partial charge on any atom is 0.153 e. The van der Waals surface area contributed by atoms with Crippen molar-refractivity contribution in [2.45, 2.75) is 20.3 Å². The molecule has 1 aromatic heterocycles. The van der Waals surface area contributed by atoms with Crippen LogP contribution in [0.2, 0.25) is 0 Å². The Morgan fingerprint density at radius 2 is 2.07 bits per heavy atom. The van der Waals surface area contributed by atoms with Gasteiger partial charge in [0, 0.05) is 37.4 Å². The number of nitrogens with one attached hydrogen (secondary N) is 2. The van der Waals surface area contributed by atoms with E-state index in [2.05, 4.69) is 34.3 Å². The van der Waals surface area contributed by atoms with Crippen LogP contribution >= 0.6 is 0 Å². The molecule has 14 heavy (non-hydrogen) atoms. The lowest BCUT2D eigenvalue weighted by molar-refractivity contribution is 0.583. The minimum absolute atomic E-state index is 1.06. The predicted octanol–water partition coefficient (Wildman–Crippen LogP) is 0.690. The minimum Gasteiger partial charge on any atom is -0.352 e. The van der Waals surface area contributed by atoms with Crippen molar-refractivity contribution in [3.05, 3.63) is 11.3 Å². The monoisotopic (exact) mass is 194 g/mol. The molecule has 0 spiro atoms. The van der Waals surface area contributed by atoms with E-state index in [1.54, 1.807) is 0 Å². The van der Waals surface area contributed by atoms with Gasteiger partial charge in [-0.25, -0.2) is 0 Å². The summed E-state index contributed by atoms with van der Waals surface area (Å²) in [6.07, 6.45) is 1.06. The van der Waals surface area contributed by atoms with Gasteiger partial charge in [0.15, 0.2) is 5.82 Å². The maximum atomic E-state index is 4.38. The predicted molar refractivity (Wildman–Crippen MR) is 57.8 cm³/mol. The normalized spacial score (nSPS) is 17.4. The number of hydrogen-bond donors (Lipinski definition) is 2. The number of aryl methyl sites for hydroxylation is 1. The first-order chi connectivity index (χ1) is 6.83. The number of aromatic nitrogens is 2. The van der Waals surface area contributed by atoms with Crippen molar-refractivity contribution in [2.75, 3.05) is 31.1 Å². The van der Waals surface area contributed by atoms with Crippen LogP contribution < -0.4 is 10.2 Å². The second kappa shape index (κ2) is 4.00. The Morgan fingerprint density at radius 1 is 1.36 bits per heavy atom. The average Bonchev–Trinajstić information content (AvgIpc) is 2.61. The van der Waals surface area contributed by atoms with Gasteiger partial charge in [-0.1, -0.05) is 6.92 Å². The Morgan fingerprint density at radius 3 is 2.71 bits per heavy atom. The number of piperazine rings is 1. The molecule has 1 saturated heterocycles. The first kappa shape index (κ1) is 9.52. The molecule has 0 aromatic carbocycles. The molecule has 0 saturated carbocycles. The lowest BCUT2D eigenvalue weighted by Gasteiger charge is -2.28. The van der Waals surface area contributed by atoms with E-state index in [4.69, 9.17) is 0 Å². The summed E-state index contributed by atoms with van der Waals surface area (Å²) in [5, 5.41) is 10.8. The van der Waals surface area contributed by atoms with E-state index in [-0.39, 0.29) is 0 Å². The number of hydrogen-bond acceptors (Lipinski definition) is 3. The molecule has 2 N–H and O–H groups in total. The van der Waals surface area contributed by atoms with Gasteiger partial charge in [-0.15, -0.1) is 0 Å². The molecular formula is C10H18N4. The van der Waals surface area contributed by atoms with E-state index in [0.717, 1.165) is 38.4 Å².